The first-order chi connectivity index (χ1) is 9.61. The average Bonchev–Trinajstić information content (AvgIpc) is 2.90. The number of aliphatic hydroxyl groups is 1. The van der Waals surface area contributed by atoms with Crippen molar-refractivity contribution in [2.24, 2.45) is 5.92 Å². The summed E-state index contributed by atoms with van der Waals surface area (Å²) in [7, 11) is 1.96. The summed E-state index contributed by atoms with van der Waals surface area (Å²) in [6, 6.07) is 0. The van der Waals surface area contributed by atoms with Crippen LogP contribution in [0.2, 0.25) is 5.28 Å². The lowest BCUT2D eigenvalue weighted by Crippen LogP contribution is -2.37. The maximum Gasteiger partial charge on any atom is 0.231 e. The molecule has 6 nitrogen and oxygen atoms in total. The van der Waals surface area contributed by atoms with Gasteiger partial charge in [0.1, 0.15) is 0 Å². The monoisotopic (exact) mass is 297 g/mol. The molecule has 1 aromatic rings. The summed E-state index contributed by atoms with van der Waals surface area (Å²) >= 11 is 6.02. The van der Waals surface area contributed by atoms with E-state index in [2.05, 4.69) is 19.9 Å². The minimum absolute atomic E-state index is 0.129. The molecule has 0 bridgehead atoms. The van der Waals surface area contributed by atoms with Crippen molar-refractivity contribution in [1.82, 2.24) is 15.0 Å². The average molecular weight is 298 g/mol. The molecule has 0 radical (unpaired) electrons. The largest absolute Gasteiger partial charge is 0.393 e. The predicted molar refractivity (Wildman–Crippen MR) is 78.3 cm³/mol. The van der Waals surface area contributed by atoms with Crippen LogP contribution >= 0.6 is 11.6 Å². The number of anilines is 2. The fourth-order valence-corrected chi connectivity index (χ4v) is 3.03. The van der Waals surface area contributed by atoms with Crippen molar-refractivity contribution in [2.75, 3.05) is 36.5 Å². The number of aromatic nitrogens is 3. The van der Waals surface area contributed by atoms with Crippen LogP contribution in [0.5, 0.6) is 0 Å². The van der Waals surface area contributed by atoms with E-state index >= 15 is 0 Å². The van der Waals surface area contributed by atoms with Crippen LogP contribution in [0.25, 0.3) is 0 Å². The molecule has 110 valence electrons. The van der Waals surface area contributed by atoms with Gasteiger partial charge < -0.3 is 14.9 Å². The standard InChI is InChI=1S/C13H20ClN5O/c1-18(8-9-6-10(20)7-9)12-15-11(14)16-13(17-12)19-4-2-3-5-19/h9-10,20H,2-8H2,1H3. The minimum atomic E-state index is -0.129. The molecule has 2 aliphatic rings. The SMILES string of the molecule is CN(CC1CC(O)C1)c1nc(Cl)nc(N2CCCC2)n1. The molecular weight excluding hydrogens is 278 g/mol. The van der Waals surface area contributed by atoms with Gasteiger partial charge in [-0.25, -0.2) is 0 Å². The van der Waals surface area contributed by atoms with E-state index in [1.165, 1.54) is 12.8 Å². The molecule has 0 spiro atoms. The Labute approximate surface area is 123 Å². The van der Waals surface area contributed by atoms with E-state index in [0.29, 0.717) is 17.8 Å². The zero-order valence-corrected chi connectivity index (χ0v) is 12.4. The van der Waals surface area contributed by atoms with Crippen LogP contribution in [-0.2, 0) is 0 Å². The summed E-state index contributed by atoms with van der Waals surface area (Å²) in [4.78, 5) is 17.1. The van der Waals surface area contributed by atoms with E-state index in [9.17, 15) is 5.11 Å². The van der Waals surface area contributed by atoms with Crippen LogP contribution < -0.4 is 9.80 Å². The molecular formula is C13H20ClN5O. The van der Waals surface area contributed by atoms with Crippen molar-refractivity contribution in [1.29, 1.82) is 0 Å². The highest BCUT2D eigenvalue weighted by molar-refractivity contribution is 6.28. The topological polar surface area (TPSA) is 65.4 Å². The molecule has 1 aliphatic carbocycles. The molecule has 2 heterocycles. The second-order valence-corrected chi connectivity index (χ2v) is 6.11. The molecule has 2 fully saturated rings. The van der Waals surface area contributed by atoms with Crippen LogP contribution in [-0.4, -0.2) is 52.8 Å². The van der Waals surface area contributed by atoms with Gasteiger partial charge in [-0.05, 0) is 43.2 Å². The van der Waals surface area contributed by atoms with Gasteiger partial charge in [0.2, 0.25) is 17.2 Å². The number of aliphatic hydroxyl groups excluding tert-OH is 1. The van der Waals surface area contributed by atoms with Gasteiger partial charge in [-0.15, -0.1) is 0 Å². The Morgan fingerprint density at radius 1 is 1.25 bits per heavy atom. The minimum Gasteiger partial charge on any atom is -0.393 e. The molecule has 0 aromatic carbocycles. The number of hydrogen-bond acceptors (Lipinski definition) is 6. The summed E-state index contributed by atoms with van der Waals surface area (Å²) in [5, 5.41) is 9.59. The molecule has 20 heavy (non-hydrogen) atoms. The molecule has 1 N–H and O–H groups in total. The maximum absolute atomic E-state index is 9.35. The third kappa shape index (κ3) is 2.96. The lowest BCUT2D eigenvalue weighted by Gasteiger charge is -2.34. The number of halogens is 1. The molecule has 0 atom stereocenters. The Kier molecular flexibility index (Phi) is 3.94. The molecule has 3 rings (SSSR count). The third-order valence-electron chi connectivity index (χ3n) is 4.06. The highest BCUT2D eigenvalue weighted by Gasteiger charge is 2.29. The lowest BCUT2D eigenvalue weighted by molar-refractivity contribution is 0.0463. The van der Waals surface area contributed by atoms with Crippen molar-refractivity contribution in [3.63, 3.8) is 0 Å². The number of rotatable bonds is 4. The van der Waals surface area contributed by atoms with E-state index in [-0.39, 0.29) is 11.4 Å². The number of nitrogens with zero attached hydrogens (tertiary/aromatic N) is 5. The van der Waals surface area contributed by atoms with E-state index in [0.717, 1.165) is 32.5 Å². The van der Waals surface area contributed by atoms with Crippen molar-refractivity contribution in [2.45, 2.75) is 31.8 Å². The van der Waals surface area contributed by atoms with Gasteiger partial charge in [0.05, 0.1) is 6.10 Å². The second-order valence-electron chi connectivity index (χ2n) is 5.77. The summed E-state index contributed by atoms with van der Waals surface area (Å²) in [6.45, 7) is 2.81. The van der Waals surface area contributed by atoms with Crippen molar-refractivity contribution in [3.8, 4) is 0 Å². The quantitative estimate of drug-likeness (QED) is 0.904. The zero-order chi connectivity index (χ0) is 14.1. The van der Waals surface area contributed by atoms with Crippen molar-refractivity contribution in [3.05, 3.63) is 5.28 Å². The van der Waals surface area contributed by atoms with E-state index in [1.807, 2.05) is 11.9 Å². The van der Waals surface area contributed by atoms with Gasteiger partial charge in [0.15, 0.2) is 0 Å². The van der Waals surface area contributed by atoms with Crippen LogP contribution in [0.4, 0.5) is 11.9 Å². The Morgan fingerprint density at radius 3 is 2.60 bits per heavy atom. The molecule has 1 aliphatic heterocycles. The lowest BCUT2D eigenvalue weighted by atomic mass is 9.82. The zero-order valence-electron chi connectivity index (χ0n) is 11.7. The van der Waals surface area contributed by atoms with Gasteiger partial charge in [0.25, 0.3) is 0 Å². The third-order valence-corrected chi connectivity index (χ3v) is 4.23. The Hall–Kier alpha value is -1.14. The Bertz CT molecular complexity index is 474. The summed E-state index contributed by atoms with van der Waals surface area (Å²) < 4.78 is 0. The Morgan fingerprint density at radius 2 is 1.95 bits per heavy atom. The first kappa shape index (κ1) is 13.8. The Balaban J connectivity index is 1.71. The smallest absolute Gasteiger partial charge is 0.231 e. The first-order valence-corrected chi connectivity index (χ1v) is 7.55. The molecule has 0 amide bonds. The summed E-state index contributed by atoms with van der Waals surface area (Å²) in [5.74, 6) is 1.81. The maximum atomic E-state index is 9.35. The van der Waals surface area contributed by atoms with Gasteiger partial charge in [-0.3, -0.25) is 0 Å². The normalized spacial score (nSPS) is 25.6. The molecule has 0 unspecified atom stereocenters. The van der Waals surface area contributed by atoms with Crippen LogP contribution in [0.1, 0.15) is 25.7 Å². The van der Waals surface area contributed by atoms with Gasteiger partial charge in [0, 0.05) is 26.7 Å². The van der Waals surface area contributed by atoms with Crippen LogP contribution in [0, 0.1) is 5.92 Å². The molecule has 7 heteroatoms. The van der Waals surface area contributed by atoms with Crippen molar-refractivity contribution < 1.29 is 5.11 Å². The summed E-state index contributed by atoms with van der Waals surface area (Å²) in [6.07, 6.45) is 3.95. The highest BCUT2D eigenvalue weighted by Crippen LogP contribution is 2.29. The van der Waals surface area contributed by atoms with Crippen LogP contribution in [0.3, 0.4) is 0 Å². The second kappa shape index (κ2) is 5.69. The van der Waals surface area contributed by atoms with Gasteiger partial charge in [-0.2, -0.15) is 15.0 Å². The molecule has 1 saturated heterocycles. The van der Waals surface area contributed by atoms with Gasteiger partial charge in [-0.1, -0.05) is 0 Å². The first-order valence-electron chi connectivity index (χ1n) is 7.17. The van der Waals surface area contributed by atoms with E-state index in [4.69, 9.17) is 11.6 Å². The summed E-state index contributed by atoms with van der Waals surface area (Å²) in [5.41, 5.74) is 0. The predicted octanol–water partition coefficient (Wildman–Crippen LogP) is 1.33. The fourth-order valence-electron chi connectivity index (χ4n) is 2.88. The molecule has 1 saturated carbocycles. The number of hydrogen-bond donors (Lipinski definition) is 1. The van der Waals surface area contributed by atoms with Crippen molar-refractivity contribution >= 4 is 23.5 Å². The molecule has 1 aromatic heterocycles. The fraction of sp³-hybridized carbons (Fsp3) is 0.769. The van der Waals surface area contributed by atoms with Crippen LogP contribution in [0.15, 0.2) is 0 Å². The van der Waals surface area contributed by atoms with Gasteiger partial charge >= 0.3 is 0 Å². The van der Waals surface area contributed by atoms with E-state index in [1.54, 1.807) is 0 Å². The highest BCUT2D eigenvalue weighted by atomic mass is 35.5. The van der Waals surface area contributed by atoms with E-state index < -0.39 is 0 Å².